The van der Waals surface area contributed by atoms with Gasteiger partial charge in [-0.25, -0.2) is 0 Å². The van der Waals surface area contributed by atoms with Crippen molar-refractivity contribution in [2.24, 2.45) is 0 Å². The smallest absolute Gasteiger partial charge is 0.00334 e. The lowest BCUT2D eigenvalue weighted by Crippen LogP contribution is -2.18. The zero-order chi connectivity index (χ0) is 23.8. The van der Waals surface area contributed by atoms with E-state index < -0.39 is 0 Å². The number of unbranched alkanes of at least 4 members (excludes halogenated alkanes) is 1. The van der Waals surface area contributed by atoms with E-state index in [0.29, 0.717) is 17.8 Å². The second-order valence-electron chi connectivity index (χ2n) is 9.90. The van der Waals surface area contributed by atoms with Gasteiger partial charge in [0.05, 0.1) is 0 Å². The number of benzene rings is 4. The predicted molar refractivity (Wildman–Crippen MR) is 148 cm³/mol. The van der Waals surface area contributed by atoms with Crippen LogP contribution in [0.4, 0.5) is 0 Å². The van der Waals surface area contributed by atoms with Gasteiger partial charge < -0.3 is 0 Å². The van der Waals surface area contributed by atoms with Crippen molar-refractivity contribution in [2.75, 3.05) is 0 Å². The minimum absolute atomic E-state index is 0.432. The van der Waals surface area contributed by atoms with Crippen LogP contribution in [0.3, 0.4) is 0 Å². The molecule has 0 aliphatic rings. The molecule has 34 heavy (non-hydrogen) atoms. The van der Waals surface area contributed by atoms with Crippen molar-refractivity contribution in [1.29, 1.82) is 0 Å². The first kappa shape index (κ1) is 24.3. The van der Waals surface area contributed by atoms with Gasteiger partial charge in [-0.2, -0.15) is 0 Å². The molecule has 0 spiro atoms. The van der Waals surface area contributed by atoms with Crippen molar-refractivity contribution in [3.63, 3.8) is 0 Å². The van der Waals surface area contributed by atoms with Crippen LogP contribution in [0.1, 0.15) is 87.3 Å². The molecular formula is C34H39. The maximum Gasteiger partial charge on any atom is -0.00334 e. The monoisotopic (exact) mass is 447 g/mol. The molecule has 0 bridgehead atoms. The van der Waals surface area contributed by atoms with E-state index in [-0.39, 0.29) is 0 Å². The van der Waals surface area contributed by atoms with Gasteiger partial charge in [0, 0.05) is 0 Å². The summed E-state index contributed by atoms with van der Waals surface area (Å²) in [6, 6.07) is 38.1. The first-order valence-corrected chi connectivity index (χ1v) is 13.1. The molecule has 0 saturated heterocycles. The fourth-order valence-corrected chi connectivity index (χ4v) is 5.42. The van der Waals surface area contributed by atoms with Crippen LogP contribution in [0.5, 0.6) is 0 Å². The molecule has 0 N–H and O–H groups in total. The summed E-state index contributed by atoms with van der Waals surface area (Å²) in [7, 11) is 0. The van der Waals surface area contributed by atoms with Crippen molar-refractivity contribution >= 4 is 10.8 Å². The van der Waals surface area contributed by atoms with Crippen molar-refractivity contribution in [2.45, 2.75) is 70.6 Å². The standard InChI is InChI=1S/C34H39/c1-4-5-14-31(22-21-26(2)28-15-8-6-9-16-28)34(27(3)29-17-10-7-11-18-29)33-24-23-30-19-12-13-20-32(30)25-33/h6-13,15-20,23-27,34H,4-5,14,21-22H2,1-3H3. The van der Waals surface area contributed by atoms with Gasteiger partial charge in [0.2, 0.25) is 0 Å². The summed E-state index contributed by atoms with van der Waals surface area (Å²) < 4.78 is 0. The topological polar surface area (TPSA) is 0 Å². The molecule has 4 rings (SSSR count). The maximum absolute atomic E-state index is 2.45. The summed E-state index contributed by atoms with van der Waals surface area (Å²) in [5.41, 5.74) is 4.36. The average Bonchev–Trinajstić information content (AvgIpc) is 2.90. The van der Waals surface area contributed by atoms with E-state index in [1.165, 1.54) is 59.6 Å². The van der Waals surface area contributed by atoms with Crippen molar-refractivity contribution in [3.8, 4) is 0 Å². The van der Waals surface area contributed by atoms with Crippen molar-refractivity contribution in [3.05, 3.63) is 126 Å². The molecular weight excluding hydrogens is 408 g/mol. The van der Waals surface area contributed by atoms with Crippen LogP contribution in [0, 0.1) is 5.92 Å². The minimum Gasteiger partial charge on any atom is -0.0654 e. The molecule has 4 aromatic carbocycles. The molecule has 0 heterocycles. The molecule has 0 aromatic heterocycles. The van der Waals surface area contributed by atoms with Crippen LogP contribution < -0.4 is 0 Å². The van der Waals surface area contributed by atoms with E-state index in [9.17, 15) is 0 Å². The SMILES string of the molecule is CCCC[C](CCC(C)c1ccccc1)C(c1ccc2ccccc2c1)C(C)c1ccccc1. The van der Waals surface area contributed by atoms with Gasteiger partial charge >= 0.3 is 0 Å². The van der Waals surface area contributed by atoms with E-state index in [0.717, 1.165) is 0 Å². The van der Waals surface area contributed by atoms with Crippen LogP contribution in [-0.4, -0.2) is 0 Å². The third-order valence-corrected chi connectivity index (χ3v) is 7.52. The van der Waals surface area contributed by atoms with Crippen molar-refractivity contribution in [1.82, 2.24) is 0 Å². The molecule has 0 saturated carbocycles. The highest BCUT2D eigenvalue weighted by Crippen LogP contribution is 2.45. The number of fused-ring (bicyclic) bond motifs is 1. The second kappa shape index (κ2) is 12.0. The van der Waals surface area contributed by atoms with Crippen LogP contribution in [0.15, 0.2) is 103 Å². The Bertz CT molecular complexity index is 1130. The highest BCUT2D eigenvalue weighted by Gasteiger charge is 2.30. The third-order valence-electron chi connectivity index (χ3n) is 7.52. The number of hydrogen-bond acceptors (Lipinski definition) is 0. The molecule has 1 radical (unpaired) electrons. The zero-order valence-corrected chi connectivity index (χ0v) is 21.1. The molecule has 3 unspecified atom stereocenters. The Morgan fingerprint density at radius 1 is 0.618 bits per heavy atom. The first-order valence-electron chi connectivity index (χ1n) is 13.1. The van der Waals surface area contributed by atoms with Crippen LogP contribution in [-0.2, 0) is 0 Å². The Morgan fingerprint density at radius 3 is 1.91 bits per heavy atom. The molecule has 175 valence electrons. The van der Waals surface area contributed by atoms with E-state index >= 15 is 0 Å². The highest BCUT2D eigenvalue weighted by molar-refractivity contribution is 5.83. The normalized spacial score (nSPS) is 14.2. The zero-order valence-electron chi connectivity index (χ0n) is 21.1. The van der Waals surface area contributed by atoms with Crippen LogP contribution in [0.2, 0.25) is 0 Å². The Kier molecular flexibility index (Phi) is 8.58. The van der Waals surface area contributed by atoms with Crippen molar-refractivity contribution < 1.29 is 0 Å². The lowest BCUT2D eigenvalue weighted by Gasteiger charge is -2.33. The predicted octanol–water partition coefficient (Wildman–Crippen LogP) is 10.1. The lowest BCUT2D eigenvalue weighted by atomic mass is 9.70. The molecule has 0 nitrogen and oxygen atoms in total. The summed E-state index contributed by atoms with van der Waals surface area (Å²) in [4.78, 5) is 0. The summed E-state index contributed by atoms with van der Waals surface area (Å²) in [5.74, 6) is 3.17. The Hall–Kier alpha value is -2.86. The average molecular weight is 448 g/mol. The molecule has 0 amide bonds. The van der Waals surface area contributed by atoms with Gasteiger partial charge in [0.15, 0.2) is 0 Å². The first-order chi connectivity index (χ1) is 16.7. The summed E-state index contributed by atoms with van der Waals surface area (Å²) >= 11 is 0. The second-order valence-corrected chi connectivity index (χ2v) is 9.90. The largest absolute Gasteiger partial charge is 0.0654 e. The summed E-state index contributed by atoms with van der Waals surface area (Å²) in [5, 5.41) is 2.67. The Labute approximate surface area is 207 Å². The summed E-state index contributed by atoms with van der Waals surface area (Å²) in [6.45, 7) is 7.13. The molecule has 0 fully saturated rings. The number of hydrogen-bond donors (Lipinski definition) is 0. The summed E-state index contributed by atoms with van der Waals surface area (Å²) in [6.07, 6.45) is 6.11. The third kappa shape index (κ3) is 5.98. The highest BCUT2D eigenvalue weighted by atomic mass is 14.3. The molecule has 3 atom stereocenters. The number of rotatable bonds is 11. The van der Waals surface area contributed by atoms with Crippen LogP contribution in [0.25, 0.3) is 10.8 Å². The Balaban J connectivity index is 1.67. The van der Waals surface area contributed by atoms with Crippen LogP contribution >= 0.6 is 0 Å². The molecule has 0 aliphatic heterocycles. The Morgan fingerprint density at radius 2 is 1.24 bits per heavy atom. The minimum atomic E-state index is 0.432. The molecule has 0 aliphatic carbocycles. The van der Waals surface area contributed by atoms with Gasteiger partial charge in [0.25, 0.3) is 0 Å². The lowest BCUT2D eigenvalue weighted by molar-refractivity contribution is 0.483. The van der Waals surface area contributed by atoms with Gasteiger partial charge in [-0.05, 0) is 70.4 Å². The van der Waals surface area contributed by atoms with E-state index in [1.54, 1.807) is 5.92 Å². The quantitative estimate of drug-likeness (QED) is 0.214. The van der Waals surface area contributed by atoms with Gasteiger partial charge in [-0.3, -0.25) is 0 Å². The van der Waals surface area contributed by atoms with E-state index in [4.69, 9.17) is 0 Å². The van der Waals surface area contributed by atoms with E-state index in [2.05, 4.69) is 124 Å². The van der Waals surface area contributed by atoms with Gasteiger partial charge in [-0.1, -0.05) is 137 Å². The fourth-order valence-electron chi connectivity index (χ4n) is 5.42. The molecule has 0 heteroatoms. The fraction of sp³-hybridized carbons (Fsp3) is 0.324. The van der Waals surface area contributed by atoms with Gasteiger partial charge in [-0.15, -0.1) is 0 Å². The maximum atomic E-state index is 2.45. The van der Waals surface area contributed by atoms with E-state index in [1.807, 2.05) is 0 Å². The van der Waals surface area contributed by atoms with Gasteiger partial charge in [0.1, 0.15) is 0 Å². The molecule has 4 aromatic rings.